The average molecular weight is 336 g/mol. The Bertz CT molecular complexity index is 602. The quantitative estimate of drug-likeness (QED) is 0.789. The summed E-state index contributed by atoms with van der Waals surface area (Å²) in [5, 5.41) is 11.1. The van der Waals surface area contributed by atoms with Crippen molar-refractivity contribution in [2.45, 2.75) is 42.2 Å². The van der Waals surface area contributed by atoms with E-state index in [1.165, 1.54) is 0 Å². The maximum Gasteiger partial charge on any atom is 0.0758 e. The Morgan fingerprint density at radius 1 is 1.14 bits per heavy atom. The van der Waals surface area contributed by atoms with Gasteiger partial charge in [-0.15, -0.1) is 0 Å². The fraction of sp³-hybridized carbons (Fsp3) is 0.333. The van der Waals surface area contributed by atoms with Crippen molar-refractivity contribution in [3.05, 3.63) is 59.1 Å². The summed E-state index contributed by atoms with van der Waals surface area (Å²) >= 11 is 7.56. The van der Waals surface area contributed by atoms with Crippen LogP contribution < -0.4 is 5.73 Å². The number of aliphatic hydroxyl groups is 1. The lowest BCUT2D eigenvalue weighted by atomic mass is 9.91. The van der Waals surface area contributed by atoms with Gasteiger partial charge in [0.25, 0.3) is 0 Å². The molecule has 0 aromatic heterocycles. The van der Waals surface area contributed by atoms with Crippen LogP contribution in [0.1, 0.15) is 31.9 Å². The molecule has 0 aliphatic rings. The second-order valence-corrected chi connectivity index (χ2v) is 7.05. The van der Waals surface area contributed by atoms with E-state index in [4.69, 9.17) is 17.3 Å². The number of benzene rings is 2. The number of halogens is 1. The Hall–Kier alpha value is -1.00. The molecule has 2 aromatic rings. The van der Waals surface area contributed by atoms with Crippen molar-refractivity contribution < 1.29 is 5.11 Å². The van der Waals surface area contributed by atoms with Crippen molar-refractivity contribution >= 4 is 23.4 Å². The summed E-state index contributed by atoms with van der Waals surface area (Å²) in [4.78, 5) is 2.17. The highest BCUT2D eigenvalue weighted by Crippen LogP contribution is 2.35. The SMILES string of the molecule is CCC(C)[C@@H](O)[C@@H](N)c1ccccc1Sc1ccc(Cl)cc1. The minimum atomic E-state index is -0.544. The molecule has 0 radical (unpaired) electrons. The summed E-state index contributed by atoms with van der Waals surface area (Å²) in [6.45, 7) is 4.09. The highest BCUT2D eigenvalue weighted by molar-refractivity contribution is 7.99. The van der Waals surface area contributed by atoms with Gasteiger partial charge in [-0.05, 0) is 41.8 Å². The fourth-order valence-electron chi connectivity index (χ4n) is 2.26. The van der Waals surface area contributed by atoms with Crippen molar-refractivity contribution in [3.8, 4) is 0 Å². The molecule has 0 aliphatic carbocycles. The summed E-state index contributed by atoms with van der Waals surface area (Å²) < 4.78 is 0. The van der Waals surface area contributed by atoms with Crippen molar-refractivity contribution in [1.82, 2.24) is 0 Å². The van der Waals surface area contributed by atoms with Gasteiger partial charge in [-0.25, -0.2) is 0 Å². The number of rotatable bonds is 6. The van der Waals surface area contributed by atoms with E-state index in [2.05, 4.69) is 6.92 Å². The van der Waals surface area contributed by atoms with Gasteiger partial charge in [-0.2, -0.15) is 0 Å². The molecular weight excluding hydrogens is 314 g/mol. The first-order chi connectivity index (χ1) is 10.5. The predicted molar refractivity (Wildman–Crippen MR) is 94.4 cm³/mol. The molecule has 0 spiro atoms. The molecule has 118 valence electrons. The Labute approximate surface area is 141 Å². The standard InChI is InChI=1S/C18H22ClNOS/c1-3-12(2)18(21)17(20)15-6-4-5-7-16(15)22-14-10-8-13(19)9-11-14/h4-12,17-18,21H,3,20H2,1-2H3/t12?,17-,18+/m0/s1. The van der Waals surface area contributed by atoms with Crippen molar-refractivity contribution in [1.29, 1.82) is 0 Å². The maximum absolute atomic E-state index is 10.4. The highest BCUT2D eigenvalue weighted by atomic mass is 35.5. The van der Waals surface area contributed by atoms with E-state index in [1.807, 2.05) is 55.5 Å². The second kappa shape index (κ2) is 8.02. The highest BCUT2D eigenvalue weighted by Gasteiger charge is 2.23. The second-order valence-electron chi connectivity index (χ2n) is 5.50. The van der Waals surface area contributed by atoms with Crippen molar-refractivity contribution in [2.75, 3.05) is 0 Å². The molecule has 4 heteroatoms. The smallest absolute Gasteiger partial charge is 0.0758 e. The molecule has 0 aliphatic heterocycles. The zero-order chi connectivity index (χ0) is 16.1. The van der Waals surface area contributed by atoms with E-state index in [9.17, 15) is 5.11 Å². The third-order valence-corrected chi connectivity index (χ3v) is 5.27. The molecule has 0 saturated heterocycles. The minimum Gasteiger partial charge on any atom is -0.391 e. The summed E-state index contributed by atoms with van der Waals surface area (Å²) in [6.07, 6.45) is 0.360. The third kappa shape index (κ3) is 4.26. The van der Waals surface area contributed by atoms with E-state index >= 15 is 0 Å². The summed E-state index contributed by atoms with van der Waals surface area (Å²) in [5.41, 5.74) is 7.29. The van der Waals surface area contributed by atoms with Crippen LogP contribution in [0.25, 0.3) is 0 Å². The molecule has 1 unspecified atom stereocenters. The monoisotopic (exact) mass is 335 g/mol. The van der Waals surface area contributed by atoms with Crippen molar-refractivity contribution in [2.24, 2.45) is 11.7 Å². The van der Waals surface area contributed by atoms with Crippen LogP contribution in [0.3, 0.4) is 0 Å². The first kappa shape index (κ1) is 17.4. The first-order valence-corrected chi connectivity index (χ1v) is 8.68. The normalized spacial score (nSPS) is 15.3. The van der Waals surface area contributed by atoms with E-state index in [0.29, 0.717) is 0 Å². The summed E-state index contributed by atoms with van der Waals surface area (Å²) in [6, 6.07) is 15.3. The van der Waals surface area contributed by atoms with Gasteiger partial charge in [0.2, 0.25) is 0 Å². The topological polar surface area (TPSA) is 46.2 Å². The molecular formula is C18H22ClNOS. The number of aliphatic hydroxyl groups excluding tert-OH is 1. The molecule has 2 aromatic carbocycles. The zero-order valence-corrected chi connectivity index (χ0v) is 14.4. The fourth-order valence-corrected chi connectivity index (χ4v) is 3.38. The lowest BCUT2D eigenvalue weighted by Crippen LogP contribution is -2.31. The van der Waals surface area contributed by atoms with Crippen molar-refractivity contribution in [3.63, 3.8) is 0 Å². The van der Waals surface area contributed by atoms with Gasteiger partial charge in [0.05, 0.1) is 12.1 Å². The van der Waals surface area contributed by atoms with Gasteiger partial charge < -0.3 is 10.8 Å². The summed E-state index contributed by atoms with van der Waals surface area (Å²) in [7, 11) is 0. The molecule has 0 fully saturated rings. The Morgan fingerprint density at radius 2 is 1.77 bits per heavy atom. The van der Waals surface area contributed by atoms with Crippen LogP contribution in [0.4, 0.5) is 0 Å². The molecule has 22 heavy (non-hydrogen) atoms. The molecule has 2 nitrogen and oxygen atoms in total. The molecule has 3 atom stereocenters. The zero-order valence-electron chi connectivity index (χ0n) is 12.9. The summed E-state index contributed by atoms with van der Waals surface area (Å²) in [5.74, 6) is 0.170. The van der Waals surface area contributed by atoms with Crippen LogP contribution in [-0.4, -0.2) is 11.2 Å². The largest absolute Gasteiger partial charge is 0.391 e. The van der Waals surface area contributed by atoms with Crippen LogP contribution in [0.15, 0.2) is 58.3 Å². The Kier molecular flexibility index (Phi) is 6.33. The van der Waals surface area contributed by atoms with Gasteiger partial charge >= 0.3 is 0 Å². The Morgan fingerprint density at radius 3 is 2.41 bits per heavy atom. The molecule has 0 saturated carbocycles. The predicted octanol–water partition coefficient (Wildman–Crippen LogP) is 4.90. The lowest BCUT2D eigenvalue weighted by molar-refractivity contribution is 0.0872. The molecule has 2 rings (SSSR count). The molecule has 0 bridgehead atoms. The molecule has 0 heterocycles. The third-order valence-electron chi connectivity index (χ3n) is 3.91. The minimum absolute atomic E-state index is 0.170. The molecule has 0 amide bonds. The molecule has 3 N–H and O–H groups in total. The number of hydrogen-bond acceptors (Lipinski definition) is 3. The van der Waals surface area contributed by atoms with Crippen LogP contribution in [-0.2, 0) is 0 Å². The number of hydrogen-bond donors (Lipinski definition) is 2. The van der Waals surface area contributed by atoms with E-state index in [0.717, 1.165) is 26.8 Å². The van der Waals surface area contributed by atoms with Crippen LogP contribution >= 0.6 is 23.4 Å². The lowest BCUT2D eigenvalue weighted by Gasteiger charge is -2.25. The van der Waals surface area contributed by atoms with Gasteiger partial charge in [0.15, 0.2) is 0 Å². The van der Waals surface area contributed by atoms with Crippen LogP contribution in [0.5, 0.6) is 0 Å². The van der Waals surface area contributed by atoms with Gasteiger partial charge in [-0.3, -0.25) is 0 Å². The van der Waals surface area contributed by atoms with Crippen LogP contribution in [0.2, 0.25) is 5.02 Å². The van der Waals surface area contributed by atoms with Crippen LogP contribution in [0, 0.1) is 5.92 Å². The maximum atomic E-state index is 10.4. The van der Waals surface area contributed by atoms with Gasteiger partial charge in [0.1, 0.15) is 0 Å². The Balaban J connectivity index is 2.24. The average Bonchev–Trinajstić information content (AvgIpc) is 2.55. The van der Waals surface area contributed by atoms with E-state index in [-0.39, 0.29) is 12.0 Å². The van der Waals surface area contributed by atoms with E-state index in [1.54, 1.807) is 11.8 Å². The van der Waals surface area contributed by atoms with Gasteiger partial charge in [0, 0.05) is 14.8 Å². The first-order valence-electron chi connectivity index (χ1n) is 7.49. The van der Waals surface area contributed by atoms with Gasteiger partial charge in [-0.1, -0.05) is 61.8 Å². The van der Waals surface area contributed by atoms with E-state index < -0.39 is 6.10 Å². The number of nitrogens with two attached hydrogens (primary N) is 1.